The third kappa shape index (κ3) is 7.63. The zero-order valence-electron chi connectivity index (χ0n) is 27.6. The molecular weight excluding hydrogens is 626 g/mol. The summed E-state index contributed by atoms with van der Waals surface area (Å²) in [6.07, 6.45) is -9.18. The summed E-state index contributed by atoms with van der Waals surface area (Å²) in [6, 6.07) is -1.15. The lowest BCUT2D eigenvalue weighted by Crippen LogP contribution is -2.68. The van der Waals surface area contributed by atoms with Gasteiger partial charge in [0.15, 0.2) is 12.6 Å². The molecule has 2 aliphatic carbocycles. The van der Waals surface area contributed by atoms with E-state index in [4.69, 9.17) is 23.7 Å². The van der Waals surface area contributed by atoms with Gasteiger partial charge in [0.25, 0.3) is 5.91 Å². The van der Waals surface area contributed by atoms with Crippen molar-refractivity contribution < 1.29 is 62.5 Å². The summed E-state index contributed by atoms with van der Waals surface area (Å²) in [4.78, 5) is 27.0. The number of nitrogens with zero attached hydrogens (tertiary/aromatic N) is 2. The monoisotopic (exact) mass is 678 g/mol. The average Bonchev–Trinajstić information content (AvgIpc) is 3.13. The van der Waals surface area contributed by atoms with Crippen molar-refractivity contribution in [3.8, 4) is 0 Å². The van der Waals surface area contributed by atoms with Gasteiger partial charge in [0.1, 0.15) is 36.6 Å². The third-order valence-corrected chi connectivity index (χ3v) is 10.8. The van der Waals surface area contributed by atoms with Crippen LogP contribution in [-0.4, -0.2) is 136 Å². The van der Waals surface area contributed by atoms with Crippen LogP contribution in [0, 0.1) is 17.8 Å². The molecule has 13 nitrogen and oxygen atoms in total. The average molecular weight is 679 g/mol. The largest absolute Gasteiger partial charge is 0.394 e. The molecule has 3 saturated heterocycles. The number of alkyl halides is 2. The van der Waals surface area contributed by atoms with Crippen LogP contribution in [0.15, 0.2) is 0 Å². The number of aliphatic hydroxyl groups excluding tert-OH is 4. The van der Waals surface area contributed by atoms with Crippen LogP contribution >= 0.6 is 0 Å². The Kier molecular flexibility index (Phi) is 12.1. The molecule has 3 heterocycles. The predicted octanol–water partition coefficient (Wildman–Crippen LogP) is 1.33. The van der Waals surface area contributed by atoms with Gasteiger partial charge in [-0.3, -0.25) is 14.6 Å². The molecule has 4 N–H and O–H groups in total. The molecule has 5 aliphatic rings. The molecule has 47 heavy (non-hydrogen) atoms. The molecule has 2 amide bonds. The summed E-state index contributed by atoms with van der Waals surface area (Å²) in [6.45, 7) is 4.02. The first-order valence-corrected chi connectivity index (χ1v) is 17.1. The summed E-state index contributed by atoms with van der Waals surface area (Å²) in [7, 11) is 1.46. The van der Waals surface area contributed by atoms with Gasteiger partial charge in [-0.05, 0) is 38.0 Å². The molecule has 0 bridgehead atoms. The maximum Gasteiger partial charge on any atom is 0.270 e. The Morgan fingerprint density at radius 1 is 0.936 bits per heavy atom. The van der Waals surface area contributed by atoms with Crippen LogP contribution in [0.3, 0.4) is 0 Å². The van der Waals surface area contributed by atoms with Crippen LogP contribution in [0.5, 0.6) is 0 Å². The fourth-order valence-corrected chi connectivity index (χ4v) is 8.12. The normalized spacial score (nSPS) is 43.9. The standard InChI is InChI=1S/C32H52F2N2O11/c1-15-9-8-12-19(27(15)47-31-22(29(33)34)26(41)24(39)16(2)43-31)45-32-23-28(25(40)21(14-37)46-32)44-20(13-18-10-6-5-7-11-18)30(42)35(4)36(23)17(3)38/h15-16,18-29,31-32,37,39-41H,5-14H2,1-4H3/t15?,16?,19?,20-,21?,22?,23?,24?,25?,26?,27?,28?,31?,32?/m0/s1. The summed E-state index contributed by atoms with van der Waals surface area (Å²) < 4.78 is 59.1. The summed E-state index contributed by atoms with van der Waals surface area (Å²) in [5.41, 5.74) is 0. The van der Waals surface area contributed by atoms with Crippen molar-refractivity contribution in [2.75, 3.05) is 13.7 Å². The van der Waals surface area contributed by atoms with Crippen molar-refractivity contribution in [3.05, 3.63) is 0 Å². The predicted molar refractivity (Wildman–Crippen MR) is 159 cm³/mol. The van der Waals surface area contributed by atoms with E-state index in [9.17, 15) is 38.8 Å². The molecule has 15 heteroatoms. The van der Waals surface area contributed by atoms with Crippen molar-refractivity contribution in [3.63, 3.8) is 0 Å². The lowest BCUT2D eigenvalue weighted by molar-refractivity contribution is -0.343. The first-order valence-electron chi connectivity index (χ1n) is 17.1. The van der Waals surface area contributed by atoms with E-state index in [2.05, 4.69) is 0 Å². The Balaban J connectivity index is 1.43. The number of halogens is 2. The summed E-state index contributed by atoms with van der Waals surface area (Å²) in [5, 5.41) is 44.7. The Hall–Kier alpha value is -1.56. The number of carbonyl (C=O) groups is 2. The van der Waals surface area contributed by atoms with Gasteiger partial charge in [-0.1, -0.05) is 45.4 Å². The van der Waals surface area contributed by atoms with Gasteiger partial charge in [0.05, 0.1) is 36.9 Å². The molecule has 0 aromatic carbocycles. The highest BCUT2D eigenvalue weighted by molar-refractivity contribution is 5.84. The first kappa shape index (κ1) is 36.7. The van der Waals surface area contributed by atoms with Crippen LogP contribution in [-0.2, 0) is 33.3 Å². The van der Waals surface area contributed by atoms with Gasteiger partial charge in [-0.15, -0.1) is 0 Å². The van der Waals surface area contributed by atoms with Crippen molar-refractivity contribution in [2.24, 2.45) is 17.8 Å². The van der Waals surface area contributed by atoms with E-state index >= 15 is 0 Å². The number of hydrogen-bond acceptors (Lipinski definition) is 11. The highest BCUT2D eigenvalue weighted by Crippen LogP contribution is 2.40. The Bertz CT molecular complexity index is 1070. The fraction of sp³-hybridized carbons (Fsp3) is 0.938. The van der Waals surface area contributed by atoms with Gasteiger partial charge < -0.3 is 44.1 Å². The zero-order chi connectivity index (χ0) is 34.2. The van der Waals surface area contributed by atoms with E-state index in [0.29, 0.717) is 25.7 Å². The molecule has 0 radical (unpaired) electrons. The van der Waals surface area contributed by atoms with Crippen LogP contribution in [0.4, 0.5) is 8.78 Å². The lowest BCUT2D eigenvalue weighted by Gasteiger charge is -2.50. The number of rotatable bonds is 8. The maximum absolute atomic E-state index is 14.1. The van der Waals surface area contributed by atoms with Crippen molar-refractivity contribution in [1.82, 2.24) is 10.0 Å². The molecule has 13 unspecified atom stereocenters. The van der Waals surface area contributed by atoms with Crippen molar-refractivity contribution in [1.29, 1.82) is 0 Å². The smallest absolute Gasteiger partial charge is 0.270 e. The highest BCUT2D eigenvalue weighted by atomic mass is 19.3. The van der Waals surface area contributed by atoms with E-state index in [1.54, 1.807) is 0 Å². The number of hydrazine groups is 1. The molecular formula is C32H52F2N2O11. The number of carbonyl (C=O) groups excluding carboxylic acids is 2. The van der Waals surface area contributed by atoms with Gasteiger partial charge in [0, 0.05) is 14.0 Å². The Labute approximate surface area is 274 Å². The van der Waals surface area contributed by atoms with Gasteiger partial charge in [-0.25, -0.2) is 13.8 Å². The Morgan fingerprint density at radius 2 is 1.64 bits per heavy atom. The van der Waals surface area contributed by atoms with Crippen LogP contribution in [0.1, 0.15) is 78.6 Å². The van der Waals surface area contributed by atoms with Crippen LogP contribution < -0.4 is 0 Å². The van der Waals surface area contributed by atoms with E-state index in [1.807, 2.05) is 6.92 Å². The SMILES string of the molecule is CC(=O)N1C2C(OC3CCCC(C)C3OC3OC(C)C(O)C(O)C3C(F)F)OC(CO)C(O)C2O[C@@H](CC2CCCCC2)C(=O)N1C. The minimum atomic E-state index is -3.05. The van der Waals surface area contributed by atoms with Crippen LogP contribution in [0.25, 0.3) is 0 Å². The zero-order valence-corrected chi connectivity index (χ0v) is 27.6. The molecule has 5 fully saturated rings. The Morgan fingerprint density at radius 3 is 2.28 bits per heavy atom. The van der Waals surface area contributed by atoms with E-state index < -0.39 is 104 Å². The third-order valence-electron chi connectivity index (χ3n) is 10.8. The lowest BCUT2D eigenvalue weighted by atomic mass is 9.84. The van der Waals surface area contributed by atoms with E-state index in [1.165, 1.54) is 30.9 Å². The van der Waals surface area contributed by atoms with Gasteiger partial charge >= 0.3 is 0 Å². The van der Waals surface area contributed by atoms with Gasteiger partial charge in [0.2, 0.25) is 12.3 Å². The quantitative estimate of drug-likeness (QED) is 0.293. The number of likely N-dealkylation sites (N-methyl/N-ethyl adjacent to an activating group) is 1. The van der Waals surface area contributed by atoms with E-state index in [-0.39, 0.29) is 11.8 Å². The fourth-order valence-electron chi connectivity index (χ4n) is 8.12. The molecule has 270 valence electrons. The second-order valence-corrected chi connectivity index (χ2v) is 14.0. The summed E-state index contributed by atoms with van der Waals surface area (Å²) in [5.74, 6) is -2.75. The van der Waals surface area contributed by atoms with Crippen molar-refractivity contribution in [2.45, 2.75) is 159 Å². The molecule has 2 saturated carbocycles. The molecule has 3 aliphatic heterocycles. The van der Waals surface area contributed by atoms with Crippen molar-refractivity contribution >= 4 is 11.8 Å². The number of hydrogen-bond donors (Lipinski definition) is 4. The number of amides is 2. The second kappa shape index (κ2) is 15.5. The first-order chi connectivity index (χ1) is 22.3. The maximum atomic E-state index is 14.1. The molecule has 14 atom stereocenters. The molecule has 0 aromatic heterocycles. The molecule has 0 aromatic rings. The molecule has 5 rings (SSSR count). The number of fused-ring (bicyclic) bond motifs is 1. The highest BCUT2D eigenvalue weighted by Gasteiger charge is 2.57. The summed E-state index contributed by atoms with van der Waals surface area (Å²) >= 11 is 0. The van der Waals surface area contributed by atoms with E-state index in [0.717, 1.165) is 32.1 Å². The minimum absolute atomic E-state index is 0.216. The van der Waals surface area contributed by atoms with Crippen LogP contribution in [0.2, 0.25) is 0 Å². The topological polar surface area (TPSA) is 168 Å². The minimum Gasteiger partial charge on any atom is -0.394 e. The molecule has 0 spiro atoms. The van der Waals surface area contributed by atoms with Gasteiger partial charge in [-0.2, -0.15) is 0 Å². The number of aliphatic hydroxyl groups is 4. The second-order valence-electron chi connectivity index (χ2n) is 14.0. The number of ether oxygens (including phenoxy) is 5.